The van der Waals surface area contributed by atoms with E-state index >= 15 is 0 Å². The molecule has 21 heavy (non-hydrogen) atoms. The molecule has 1 heterocycles. The van der Waals surface area contributed by atoms with Crippen molar-refractivity contribution < 1.29 is 5.11 Å². The Bertz CT molecular complexity index is 808. The molecule has 0 aliphatic heterocycles. The first-order chi connectivity index (χ1) is 10.1. The number of phenols is 1. The van der Waals surface area contributed by atoms with Gasteiger partial charge >= 0.3 is 0 Å². The van der Waals surface area contributed by atoms with Crippen LogP contribution in [-0.4, -0.2) is 14.7 Å². The summed E-state index contributed by atoms with van der Waals surface area (Å²) in [6.45, 7) is 5.16. The molecule has 0 atom stereocenters. The van der Waals surface area contributed by atoms with E-state index in [1.807, 2.05) is 12.1 Å². The fraction of sp³-hybridized carbons (Fsp3) is 0.235. The minimum Gasteiger partial charge on any atom is -0.507 e. The van der Waals surface area contributed by atoms with E-state index in [1.54, 1.807) is 6.07 Å². The van der Waals surface area contributed by atoms with Gasteiger partial charge in [0.25, 0.3) is 0 Å². The highest BCUT2D eigenvalue weighted by Crippen LogP contribution is 2.30. The van der Waals surface area contributed by atoms with Gasteiger partial charge in [0, 0.05) is 12.1 Å². The van der Waals surface area contributed by atoms with Crippen LogP contribution in [0.2, 0.25) is 0 Å². The molecule has 3 aromatic rings. The Balaban J connectivity index is 2.24. The Morgan fingerprint density at radius 2 is 2.00 bits per heavy atom. The summed E-state index contributed by atoms with van der Waals surface area (Å²) in [5.41, 5.74) is 4.32. The molecule has 0 radical (unpaired) electrons. The lowest BCUT2D eigenvalue weighted by atomic mass is 10.2. The van der Waals surface area contributed by atoms with Gasteiger partial charge in [0.15, 0.2) is 0 Å². The van der Waals surface area contributed by atoms with Gasteiger partial charge in [0.2, 0.25) is 0 Å². The summed E-state index contributed by atoms with van der Waals surface area (Å²) in [5.74, 6) is 1.23. The second-order valence-electron chi connectivity index (χ2n) is 5.25. The number of aromatic nitrogens is 2. The Hall–Kier alpha value is -1.56. The van der Waals surface area contributed by atoms with Crippen molar-refractivity contribution in [3.8, 4) is 17.1 Å². The van der Waals surface area contributed by atoms with E-state index in [0.29, 0.717) is 5.75 Å². The van der Waals surface area contributed by atoms with Gasteiger partial charge in [-0.1, -0.05) is 13.0 Å². The van der Waals surface area contributed by atoms with E-state index < -0.39 is 0 Å². The van der Waals surface area contributed by atoms with Crippen molar-refractivity contribution in [1.82, 2.24) is 9.55 Å². The third-order valence-electron chi connectivity index (χ3n) is 3.56. The lowest BCUT2D eigenvalue weighted by Gasteiger charge is -2.08. The van der Waals surface area contributed by atoms with Crippen molar-refractivity contribution in [3.05, 3.63) is 45.5 Å². The molecule has 3 nitrogen and oxygen atoms in total. The van der Waals surface area contributed by atoms with Crippen molar-refractivity contribution in [1.29, 1.82) is 0 Å². The highest BCUT2D eigenvalue weighted by atomic mass is 127. The molecular formula is C17H17IN2O. The van der Waals surface area contributed by atoms with E-state index in [2.05, 4.69) is 59.2 Å². The number of aryl methyl sites for hydroxylation is 2. The normalized spacial score (nSPS) is 11.2. The van der Waals surface area contributed by atoms with Crippen molar-refractivity contribution in [2.24, 2.45) is 0 Å². The number of nitrogens with zero attached hydrogens (tertiary/aromatic N) is 2. The molecule has 2 aromatic carbocycles. The average Bonchev–Trinajstić information content (AvgIpc) is 2.80. The summed E-state index contributed by atoms with van der Waals surface area (Å²) in [4.78, 5) is 4.78. The Labute approximate surface area is 137 Å². The second-order valence-corrected chi connectivity index (χ2v) is 6.41. The van der Waals surface area contributed by atoms with Crippen LogP contribution >= 0.6 is 22.6 Å². The van der Waals surface area contributed by atoms with E-state index in [9.17, 15) is 5.11 Å². The number of hydrogen-bond donors (Lipinski definition) is 1. The second kappa shape index (κ2) is 5.67. The average molecular weight is 392 g/mol. The largest absolute Gasteiger partial charge is 0.507 e. The summed E-state index contributed by atoms with van der Waals surface area (Å²) in [7, 11) is 0. The fourth-order valence-electron chi connectivity index (χ4n) is 2.56. The zero-order valence-electron chi connectivity index (χ0n) is 12.1. The van der Waals surface area contributed by atoms with Crippen LogP contribution in [0.5, 0.6) is 5.75 Å². The summed E-state index contributed by atoms with van der Waals surface area (Å²) < 4.78 is 3.08. The zero-order valence-corrected chi connectivity index (χ0v) is 14.3. The number of imidazole rings is 1. The number of aromatic hydroxyl groups is 1. The molecular weight excluding hydrogens is 375 g/mol. The molecule has 3 rings (SSSR count). The van der Waals surface area contributed by atoms with E-state index in [-0.39, 0.29) is 0 Å². The number of phenolic OH excluding ortho intramolecular Hbond substituents is 1. The Morgan fingerprint density at radius 3 is 2.71 bits per heavy atom. The van der Waals surface area contributed by atoms with Crippen LogP contribution in [0.3, 0.4) is 0 Å². The van der Waals surface area contributed by atoms with Gasteiger partial charge < -0.3 is 9.67 Å². The SMILES string of the molecule is CCCn1c(-c2ccc(I)c(O)c2)nc2cc(C)ccc21. The van der Waals surface area contributed by atoms with Gasteiger partial charge in [-0.3, -0.25) is 0 Å². The smallest absolute Gasteiger partial charge is 0.141 e. The molecule has 0 aliphatic carbocycles. The number of benzene rings is 2. The molecule has 1 N–H and O–H groups in total. The first-order valence-corrected chi connectivity index (χ1v) is 8.14. The van der Waals surface area contributed by atoms with Gasteiger partial charge in [-0.25, -0.2) is 4.98 Å². The maximum atomic E-state index is 9.96. The molecule has 0 fully saturated rings. The summed E-state index contributed by atoms with van der Waals surface area (Å²) in [6, 6.07) is 12.1. The first kappa shape index (κ1) is 14.4. The molecule has 0 saturated carbocycles. The van der Waals surface area contributed by atoms with E-state index in [1.165, 1.54) is 5.56 Å². The van der Waals surface area contributed by atoms with Crippen LogP contribution in [0, 0.1) is 10.5 Å². The standard InChI is InChI=1S/C17H17IN2O/c1-3-8-20-15-7-4-11(2)9-14(15)19-17(20)12-5-6-13(18)16(21)10-12/h4-7,9-10,21H,3,8H2,1-2H3. The molecule has 0 amide bonds. The fourth-order valence-corrected chi connectivity index (χ4v) is 2.90. The summed E-state index contributed by atoms with van der Waals surface area (Å²) in [6.07, 6.45) is 1.04. The lowest BCUT2D eigenvalue weighted by molar-refractivity contribution is 0.471. The zero-order chi connectivity index (χ0) is 15.0. The lowest BCUT2D eigenvalue weighted by Crippen LogP contribution is -1.99. The maximum Gasteiger partial charge on any atom is 0.141 e. The molecule has 0 bridgehead atoms. The minimum absolute atomic E-state index is 0.305. The Kier molecular flexibility index (Phi) is 3.89. The molecule has 1 aromatic heterocycles. The molecule has 0 unspecified atom stereocenters. The number of hydrogen-bond acceptors (Lipinski definition) is 2. The van der Waals surface area contributed by atoms with Crippen LogP contribution in [0.4, 0.5) is 0 Å². The van der Waals surface area contributed by atoms with Crippen LogP contribution in [0.25, 0.3) is 22.4 Å². The topological polar surface area (TPSA) is 38.0 Å². The molecule has 4 heteroatoms. The highest BCUT2D eigenvalue weighted by molar-refractivity contribution is 14.1. The molecule has 108 valence electrons. The van der Waals surface area contributed by atoms with Crippen LogP contribution in [0.1, 0.15) is 18.9 Å². The first-order valence-electron chi connectivity index (χ1n) is 7.06. The number of fused-ring (bicyclic) bond motifs is 1. The summed E-state index contributed by atoms with van der Waals surface area (Å²) >= 11 is 2.13. The quantitative estimate of drug-likeness (QED) is 0.655. The predicted molar refractivity (Wildman–Crippen MR) is 94.6 cm³/mol. The van der Waals surface area contributed by atoms with Crippen molar-refractivity contribution in [2.45, 2.75) is 26.8 Å². The van der Waals surface area contributed by atoms with Crippen LogP contribution in [0.15, 0.2) is 36.4 Å². The minimum atomic E-state index is 0.305. The van der Waals surface area contributed by atoms with Gasteiger partial charge in [-0.05, 0) is 71.8 Å². The number of rotatable bonds is 3. The van der Waals surface area contributed by atoms with Crippen LogP contribution in [-0.2, 0) is 6.54 Å². The molecule has 0 spiro atoms. The van der Waals surface area contributed by atoms with Crippen molar-refractivity contribution in [2.75, 3.05) is 0 Å². The third kappa shape index (κ3) is 2.64. The van der Waals surface area contributed by atoms with Gasteiger partial charge in [0.1, 0.15) is 11.6 Å². The van der Waals surface area contributed by atoms with Crippen molar-refractivity contribution >= 4 is 33.6 Å². The third-order valence-corrected chi connectivity index (χ3v) is 4.47. The monoisotopic (exact) mass is 392 g/mol. The van der Waals surface area contributed by atoms with E-state index in [4.69, 9.17) is 4.98 Å². The Morgan fingerprint density at radius 1 is 1.19 bits per heavy atom. The van der Waals surface area contributed by atoms with Crippen LogP contribution < -0.4 is 0 Å². The van der Waals surface area contributed by atoms with Crippen molar-refractivity contribution in [3.63, 3.8) is 0 Å². The molecule has 0 aliphatic rings. The number of halogens is 1. The highest BCUT2D eigenvalue weighted by Gasteiger charge is 2.13. The predicted octanol–water partition coefficient (Wildman–Crippen LogP) is 4.73. The molecule has 0 saturated heterocycles. The van der Waals surface area contributed by atoms with Gasteiger partial charge in [-0.2, -0.15) is 0 Å². The van der Waals surface area contributed by atoms with Gasteiger partial charge in [-0.15, -0.1) is 0 Å². The van der Waals surface area contributed by atoms with Gasteiger partial charge in [0.05, 0.1) is 14.6 Å². The maximum absolute atomic E-state index is 9.96. The van der Waals surface area contributed by atoms with E-state index in [0.717, 1.165) is 39.0 Å². The summed E-state index contributed by atoms with van der Waals surface area (Å²) in [5, 5.41) is 9.96.